The van der Waals surface area contributed by atoms with Gasteiger partial charge in [-0.15, -0.1) is 0 Å². The van der Waals surface area contributed by atoms with E-state index < -0.39 is 5.82 Å². The van der Waals surface area contributed by atoms with Gasteiger partial charge in [-0.05, 0) is 47.2 Å². The monoisotopic (exact) mass is 460 g/mol. The Labute approximate surface area is 198 Å². The van der Waals surface area contributed by atoms with E-state index in [0.29, 0.717) is 42.2 Å². The summed E-state index contributed by atoms with van der Waals surface area (Å²) in [6.45, 7) is 7.29. The largest absolute Gasteiger partial charge is 0.383 e. The number of nitrogens with one attached hydrogen (secondary N) is 1. The second-order valence-corrected chi connectivity index (χ2v) is 9.27. The molecule has 3 N–H and O–H groups in total. The molecule has 3 heterocycles. The molecule has 1 aromatic heterocycles. The van der Waals surface area contributed by atoms with Crippen LogP contribution in [0.25, 0.3) is 22.3 Å². The Morgan fingerprint density at radius 2 is 1.91 bits per heavy atom. The third kappa shape index (κ3) is 4.12. The Morgan fingerprint density at radius 1 is 1.15 bits per heavy atom. The van der Waals surface area contributed by atoms with Gasteiger partial charge in [-0.25, -0.2) is 9.37 Å². The van der Waals surface area contributed by atoms with Gasteiger partial charge in [0, 0.05) is 42.6 Å². The summed E-state index contributed by atoms with van der Waals surface area (Å²) in [5.74, 6) is 0.0689. The molecule has 0 bridgehead atoms. The molecule has 0 spiro atoms. The SMILES string of the molecule is CC(C)[C@@H]1CN(c2ccc(-c3cnc(N)c(-c4ccc5c(c4)CCNC5=O)c3F)cc2)CCO1. The van der Waals surface area contributed by atoms with Gasteiger partial charge in [0.1, 0.15) is 11.6 Å². The standard InChI is InChI=1S/C27H29FN4O2/c1-16(2)23-15-32(11-12-34-23)20-6-3-17(4-7-20)22-14-31-26(29)24(25(22)28)19-5-8-21-18(13-19)9-10-30-27(21)33/h3-8,13-14,16,23H,9-12,15H2,1-2H3,(H2,29,31)(H,30,33)/t23-/m0/s1. The minimum atomic E-state index is -0.410. The van der Waals surface area contributed by atoms with E-state index >= 15 is 4.39 Å². The number of carbonyl (C=O) groups is 1. The fourth-order valence-electron chi connectivity index (χ4n) is 4.73. The van der Waals surface area contributed by atoms with Gasteiger partial charge in [-0.1, -0.05) is 38.1 Å². The van der Waals surface area contributed by atoms with Crippen LogP contribution in [0.2, 0.25) is 0 Å². The van der Waals surface area contributed by atoms with E-state index in [1.54, 1.807) is 12.1 Å². The summed E-state index contributed by atoms with van der Waals surface area (Å²) < 4.78 is 21.7. The number of nitrogens with zero attached hydrogens (tertiary/aromatic N) is 2. The molecule has 176 valence electrons. The lowest BCUT2D eigenvalue weighted by Gasteiger charge is -2.36. The molecule has 0 saturated carbocycles. The van der Waals surface area contributed by atoms with Crippen LogP contribution >= 0.6 is 0 Å². The van der Waals surface area contributed by atoms with Crippen molar-refractivity contribution in [3.8, 4) is 22.3 Å². The second-order valence-electron chi connectivity index (χ2n) is 9.27. The van der Waals surface area contributed by atoms with E-state index in [0.717, 1.165) is 29.9 Å². The summed E-state index contributed by atoms with van der Waals surface area (Å²) in [5, 5.41) is 2.83. The molecule has 1 atom stereocenters. The number of nitrogen functional groups attached to an aromatic ring is 1. The van der Waals surface area contributed by atoms with Crippen molar-refractivity contribution < 1.29 is 13.9 Å². The number of halogens is 1. The number of benzene rings is 2. The summed E-state index contributed by atoms with van der Waals surface area (Å²) >= 11 is 0. The van der Waals surface area contributed by atoms with Crippen LogP contribution < -0.4 is 16.0 Å². The first-order valence-corrected chi connectivity index (χ1v) is 11.7. The van der Waals surface area contributed by atoms with E-state index in [2.05, 4.69) is 29.0 Å². The first-order chi connectivity index (χ1) is 16.4. The molecule has 0 aliphatic carbocycles. The lowest BCUT2D eigenvalue weighted by atomic mass is 9.93. The van der Waals surface area contributed by atoms with Crippen molar-refractivity contribution in [2.24, 2.45) is 5.92 Å². The van der Waals surface area contributed by atoms with Gasteiger partial charge >= 0.3 is 0 Å². The zero-order valence-electron chi connectivity index (χ0n) is 19.5. The number of rotatable bonds is 4. The van der Waals surface area contributed by atoms with Crippen molar-refractivity contribution in [3.05, 3.63) is 65.6 Å². The Hall–Kier alpha value is -3.45. The maximum Gasteiger partial charge on any atom is 0.251 e. The summed E-state index contributed by atoms with van der Waals surface area (Å²) in [6, 6.07) is 13.2. The second kappa shape index (κ2) is 9.06. The predicted octanol–water partition coefficient (Wildman–Crippen LogP) is 4.28. The third-order valence-electron chi connectivity index (χ3n) is 6.74. The van der Waals surface area contributed by atoms with Crippen molar-refractivity contribution in [2.75, 3.05) is 36.9 Å². The number of carbonyl (C=O) groups excluding carboxylic acids is 1. The molecule has 6 nitrogen and oxygen atoms in total. The highest BCUT2D eigenvalue weighted by molar-refractivity contribution is 5.97. The zero-order valence-corrected chi connectivity index (χ0v) is 19.5. The number of pyridine rings is 1. The summed E-state index contributed by atoms with van der Waals surface area (Å²) in [5.41, 5.74) is 10.7. The number of fused-ring (bicyclic) bond motifs is 1. The Morgan fingerprint density at radius 3 is 2.68 bits per heavy atom. The molecule has 7 heteroatoms. The minimum Gasteiger partial charge on any atom is -0.383 e. The highest BCUT2D eigenvalue weighted by Gasteiger charge is 2.24. The maximum absolute atomic E-state index is 15.8. The molecular weight excluding hydrogens is 431 g/mol. The molecule has 2 aliphatic rings. The number of nitrogens with two attached hydrogens (primary N) is 1. The van der Waals surface area contributed by atoms with Crippen LogP contribution in [0.3, 0.4) is 0 Å². The predicted molar refractivity (Wildman–Crippen MR) is 132 cm³/mol. The molecule has 0 unspecified atom stereocenters. The molecule has 1 amide bonds. The van der Waals surface area contributed by atoms with Crippen LogP contribution in [0.1, 0.15) is 29.8 Å². The fraction of sp³-hybridized carbons (Fsp3) is 0.333. The lowest BCUT2D eigenvalue weighted by Crippen LogP contribution is -2.44. The fourth-order valence-corrected chi connectivity index (χ4v) is 4.73. The first kappa shape index (κ1) is 22.3. The summed E-state index contributed by atoms with van der Waals surface area (Å²) in [7, 11) is 0. The van der Waals surface area contributed by atoms with Gasteiger partial charge in [-0.3, -0.25) is 4.79 Å². The van der Waals surface area contributed by atoms with Crippen LogP contribution in [0, 0.1) is 11.7 Å². The van der Waals surface area contributed by atoms with Crippen LogP contribution in [0.15, 0.2) is 48.7 Å². The van der Waals surface area contributed by atoms with Crippen LogP contribution in [0.5, 0.6) is 0 Å². The van der Waals surface area contributed by atoms with Crippen molar-refractivity contribution in [2.45, 2.75) is 26.4 Å². The van der Waals surface area contributed by atoms with Crippen LogP contribution in [-0.4, -0.2) is 43.2 Å². The number of anilines is 2. The quantitative estimate of drug-likeness (QED) is 0.607. The first-order valence-electron chi connectivity index (χ1n) is 11.7. The van der Waals surface area contributed by atoms with Gasteiger partial charge in [0.05, 0.1) is 18.3 Å². The molecule has 34 heavy (non-hydrogen) atoms. The number of hydrogen-bond donors (Lipinski definition) is 2. The Balaban J connectivity index is 1.46. The van der Waals surface area contributed by atoms with Gasteiger partial charge in [0.25, 0.3) is 5.91 Å². The van der Waals surface area contributed by atoms with Crippen molar-refractivity contribution in [3.63, 3.8) is 0 Å². The smallest absolute Gasteiger partial charge is 0.251 e. The van der Waals surface area contributed by atoms with E-state index in [1.807, 2.05) is 30.3 Å². The molecule has 2 aromatic carbocycles. The minimum absolute atomic E-state index is 0.104. The summed E-state index contributed by atoms with van der Waals surface area (Å²) in [6.07, 6.45) is 2.39. The molecule has 5 rings (SSSR count). The van der Waals surface area contributed by atoms with E-state index in [-0.39, 0.29) is 23.4 Å². The third-order valence-corrected chi connectivity index (χ3v) is 6.74. The number of ether oxygens (including phenoxy) is 1. The van der Waals surface area contributed by atoms with Gasteiger partial charge in [-0.2, -0.15) is 0 Å². The van der Waals surface area contributed by atoms with Crippen LogP contribution in [0.4, 0.5) is 15.9 Å². The zero-order chi connectivity index (χ0) is 23.8. The number of amides is 1. The molecule has 1 saturated heterocycles. The highest BCUT2D eigenvalue weighted by Crippen LogP contribution is 2.36. The van der Waals surface area contributed by atoms with E-state index in [1.165, 1.54) is 6.20 Å². The molecule has 1 fully saturated rings. The van der Waals surface area contributed by atoms with E-state index in [9.17, 15) is 4.79 Å². The lowest BCUT2D eigenvalue weighted by molar-refractivity contribution is 0.0114. The molecule has 0 radical (unpaired) electrons. The topological polar surface area (TPSA) is 80.5 Å². The highest BCUT2D eigenvalue weighted by atomic mass is 19.1. The average molecular weight is 461 g/mol. The number of aromatic nitrogens is 1. The van der Waals surface area contributed by atoms with Crippen molar-refractivity contribution in [1.29, 1.82) is 0 Å². The molecular formula is C27H29FN4O2. The molecule has 3 aromatic rings. The normalized spacial score (nSPS) is 18.1. The Bertz CT molecular complexity index is 1230. The van der Waals surface area contributed by atoms with E-state index in [4.69, 9.17) is 10.5 Å². The average Bonchev–Trinajstić information content (AvgIpc) is 2.84. The van der Waals surface area contributed by atoms with Crippen molar-refractivity contribution in [1.82, 2.24) is 10.3 Å². The molecule has 2 aliphatic heterocycles. The van der Waals surface area contributed by atoms with Gasteiger partial charge in [0.15, 0.2) is 0 Å². The Kier molecular flexibility index (Phi) is 5.96. The number of morpholine rings is 1. The van der Waals surface area contributed by atoms with Gasteiger partial charge < -0.3 is 20.7 Å². The maximum atomic E-state index is 15.8. The van der Waals surface area contributed by atoms with Gasteiger partial charge in [0.2, 0.25) is 0 Å². The van der Waals surface area contributed by atoms with Crippen molar-refractivity contribution >= 4 is 17.4 Å². The summed E-state index contributed by atoms with van der Waals surface area (Å²) in [4.78, 5) is 18.7. The van der Waals surface area contributed by atoms with Crippen LogP contribution in [-0.2, 0) is 11.2 Å². The number of hydrogen-bond acceptors (Lipinski definition) is 5.